The topological polar surface area (TPSA) is 76.4 Å². The summed E-state index contributed by atoms with van der Waals surface area (Å²) >= 11 is 6.08. The van der Waals surface area contributed by atoms with Crippen molar-refractivity contribution < 1.29 is 9.53 Å². The van der Waals surface area contributed by atoms with Crippen LogP contribution in [0.15, 0.2) is 18.2 Å². The molecule has 0 bridgehead atoms. The van der Waals surface area contributed by atoms with Crippen molar-refractivity contribution in [2.45, 2.75) is 18.9 Å². The second-order valence-electron chi connectivity index (χ2n) is 4.81. The lowest BCUT2D eigenvalue weighted by atomic mass is 10.1. The molecule has 6 heteroatoms. The number of carbonyl (C=O) groups excluding carboxylic acids is 1. The minimum Gasteiger partial charge on any atom is -0.382 e. The summed E-state index contributed by atoms with van der Waals surface area (Å²) in [5.74, 6) is -0.479. The molecule has 0 saturated carbocycles. The number of rotatable bonds is 6. The molecule has 1 aliphatic rings. The number of halogens is 1. The van der Waals surface area contributed by atoms with E-state index >= 15 is 0 Å². The molecule has 20 heavy (non-hydrogen) atoms. The average Bonchev–Trinajstić information content (AvgIpc) is 2.46. The molecule has 1 aromatic carbocycles. The van der Waals surface area contributed by atoms with Gasteiger partial charge >= 0.3 is 0 Å². The summed E-state index contributed by atoms with van der Waals surface area (Å²) in [6, 6.07) is 4.98. The van der Waals surface area contributed by atoms with Crippen molar-refractivity contribution >= 4 is 23.2 Å². The number of nitrogens with one attached hydrogen (secondary N) is 2. The van der Waals surface area contributed by atoms with Gasteiger partial charge in [0.2, 0.25) is 5.91 Å². The van der Waals surface area contributed by atoms with Crippen LogP contribution in [0.5, 0.6) is 0 Å². The van der Waals surface area contributed by atoms with Crippen molar-refractivity contribution in [3.8, 4) is 0 Å². The molecule has 0 unspecified atom stereocenters. The molecule has 1 heterocycles. The lowest BCUT2D eigenvalue weighted by Gasteiger charge is -2.23. The highest BCUT2D eigenvalue weighted by Gasteiger charge is 2.12. The summed E-state index contributed by atoms with van der Waals surface area (Å²) in [6.07, 6.45) is 2.48. The first-order valence-electron chi connectivity index (χ1n) is 6.82. The summed E-state index contributed by atoms with van der Waals surface area (Å²) in [6.45, 7) is 3.37. The zero-order chi connectivity index (χ0) is 14.4. The largest absolute Gasteiger partial charge is 0.382 e. The highest BCUT2D eigenvalue weighted by Crippen LogP contribution is 2.22. The lowest BCUT2D eigenvalue weighted by Crippen LogP contribution is -2.33. The first-order valence-corrected chi connectivity index (χ1v) is 7.20. The van der Waals surface area contributed by atoms with Gasteiger partial charge in [-0.3, -0.25) is 4.79 Å². The van der Waals surface area contributed by atoms with Gasteiger partial charge in [-0.25, -0.2) is 0 Å². The quantitative estimate of drug-likeness (QED) is 0.697. The van der Waals surface area contributed by atoms with E-state index in [1.54, 1.807) is 18.2 Å². The Balaban J connectivity index is 1.74. The van der Waals surface area contributed by atoms with Gasteiger partial charge in [0.1, 0.15) is 0 Å². The summed E-state index contributed by atoms with van der Waals surface area (Å²) < 4.78 is 5.79. The van der Waals surface area contributed by atoms with Crippen LogP contribution in [-0.2, 0) is 4.74 Å². The fraction of sp³-hybridized carbons (Fsp3) is 0.500. The van der Waals surface area contributed by atoms with Crippen LogP contribution < -0.4 is 16.4 Å². The Kier molecular flexibility index (Phi) is 5.64. The minimum atomic E-state index is -0.479. The number of piperidine rings is 1. The Morgan fingerprint density at radius 2 is 2.20 bits per heavy atom. The number of hydrogen-bond acceptors (Lipinski definition) is 4. The molecule has 5 nitrogen and oxygen atoms in total. The number of amides is 1. The van der Waals surface area contributed by atoms with Crippen molar-refractivity contribution in [1.82, 2.24) is 5.32 Å². The average molecular weight is 298 g/mol. The van der Waals surface area contributed by atoms with Crippen LogP contribution >= 0.6 is 11.6 Å². The van der Waals surface area contributed by atoms with E-state index in [0.29, 0.717) is 29.8 Å². The van der Waals surface area contributed by atoms with Crippen LogP contribution in [-0.4, -0.2) is 38.3 Å². The van der Waals surface area contributed by atoms with Crippen molar-refractivity contribution in [3.05, 3.63) is 28.8 Å². The number of benzene rings is 1. The third kappa shape index (κ3) is 4.37. The smallest absolute Gasteiger partial charge is 0.248 e. The summed E-state index contributed by atoms with van der Waals surface area (Å²) in [5, 5.41) is 6.99. The summed E-state index contributed by atoms with van der Waals surface area (Å²) in [7, 11) is 0. The molecule has 110 valence electrons. The highest BCUT2D eigenvalue weighted by atomic mass is 35.5. The van der Waals surface area contributed by atoms with Crippen LogP contribution in [0, 0.1) is 0 Å². The fourth-order valence-electron chi connectivity index (χ4n) is 2.19. The van der Waals surface area contributed by atoms with E-state index in [9.17, 15) is 4.79 Å². The molecule has 0 radical (unpaired) electrons. The van der Waals surface area contributed by atoms with Gasteiger partial charge < -0.3 is 21.1 Å². The molecule has 1 saturated heterocycles. The molecule has 1 amide bonds. The van der Waals surface area contributed by atoms with E-state index < -0.39 is 5.91 Å². The Morgan fingerprint density at radius 3 is 2.85 bits per heavy atom. The van der Waals surface area contributed by atoms with E-state index in [4.69, 9.17) is 22.1 Å². The highest BCUT2D eigenvalue weighted by molar-refractivity contribution is 6.33. The van der Waals surface area contributed by atoms with E-state index in [2.05, 4.69) is 10.6 Å². The molecule has 1 fully saturated rings. The second-order valence-corrected chi connectivity index (χ2v) is 5.21. The first kappa shape index (κ1) is 15.1. The predicted octanol–water partition coefficient (Wildman–Crippen LogP) is 1.62. The Hall–Kier alpha value is -1.30. The van der Waals surface area contributed by atoms with Crippen molar-refractivity contribution in [2.24, 2.45) is 5.73 Å². The lowest BCUT2D eigenvalue weighted by molar-refractivity contribution is 0.0394. The zero-order valence-corrected chi connectivity index (χ0v) is 12.1. The number of nitrogens with two attached hydrogens (primary N) is 1. The maximum absolute atomic E-state index is 11.0. The first-order chi connectivity index (χ1) is 9.66. The van der Waals surface area contributed by atoms with Gasteiger partial charge in [-0.05, 0) is 44.1 Å². The van der Waals surface area contributed by atoms with Gasteiger partial charge in [0.25, 0.3) is 0 Å². The molecular weight excluding hydrogens is 278 g/mol. The van der Waals surface area contributed by atoms with Gasteiger partial charge in [0.15, 0.2) is 0 Å². The van der Waals surface area contributed by atoms with Crippen LogP contribution in [0.2, 0.25) is 5.02 Å². The van der Waals surface area contributed by atoms with E-state index in [1.165, 1.54) is 0 Å². The third-order valence-electron chi connectivity index (χ3n) is 3.31. The van der Waals surface area contributed by atoms with Crippen molar-refractivity contribution in [3.63, 3.8) is 0 Å². The van der Waals surface area contributed by atoms with Gasteiger partial charge in [0, 0.05) is 12.1 Å². The molecule has 1 aliphatic heterocycles. The molecule has 1 aromatic rings. The van der Waals surface area contributed by atoms with Crippen molar-refractivity contribution in [1.29, 1.82) is 0 Å². The van der Waals surface area contributed by atoms with E-state index in [1.807, 2.05) is 0 Å². The normalized spacial score (nSPS) is 16.1. The number of carbonyl (C=O) groups is 1. The minimum absolute atomic E-state index is 0.353. The van der Waals surface area contributed by atoms with Crippen molar-refractivity contribution in [2.75, 3.05) is 31.6 Å². The van der Waals surface area contributed by atoms with Crippen LogP contribution in [0.4, 0.5) is 5.69 Å². The predicted molar refractivity (Wildman–Crippen MR) is 80.3 cm³/mol. The SMILES string of the molecule is NC(=O)c1ccc(NCCOC2CCNCC2)c(Cl)c1. The molecule has 0 spiro atoms. The molecule has 0 aliphatic carbocycles. The van der Waals surface area contributed by atoms with Gasteiger partial charge in [-0.2, -0.15) is 0 Å². The van der Waals surface area contributed by atoms with Gasteiger partial charge in [-0.1, -0.05) is 11.6 Å². The fourth-order valence-corrected chi connectivity index (χ4v) is 2.43. The number of ether oxygens (including phenoxy) is 1. The second kappa shape index (κ2) is 7.47. The van der Waals surface area contributed by atoms with Gasteiger partial charge in [-0.15, -0.1) is 0 Å². The maximum Gasteiger partial charge on any atom is 0.248 e. The number of anilines is 1. The zero-order valence-electron chi connectivity index (χ0n) is 11.3. The monoisotopic (exact) mass is 297 g/mol. The van der Waals surface area contributed by atoms with Gasteiger partial charge in [0.05, 0.1) is 23.4 Å². The molecule has 4 N–H and O–H groups in total. The molecular formula is C14H20ClN3O2. The molecule has 2 rings (SSSR count). The van der Waals surface area contributed by atoms with Crippen LogP contribution in [0.3, 0.4) is 0 Å². The van der Waals surface area contributed by atoms with E-state index in [0.717, 1.165) is 31.6 Å². The maximum atomic E-state index is 11.0. The molecule has 0 aromatic heterocycles. The molecule has 0 atom stereocenters. The Labute approximate surface area is 123 Å². The van der Waals surface area contributed by atoms with Crippen LogP contribution in [0.1, 0.15) is 23.2 Å². The standard InChI is InChI=1S/C14H20ClN3O2/c15-12-9-10(14(16)19)1-2-13(12)18-7-8-20-11-3-5-17-6-4-11/h1-2,9,11,17-18H,3-8H2,(H2,16,19). The number of hydrogen-bond donors (Lipinski definition) is 3. The van der Waals surface area contributed by atoms with Crippen LogP contribution in [0.25, 0.3) is 0 Å². The third-order valence-corrected chi connectivity index (χ3v) is 3.62. The van der Waals surface area contributed by atoms with E-state index in [-0.39, 0.29) is 0 Å². The Morgan fingerprint density at radius 1 is 1.45 bits per heavy atom. The number of primary amides is 1. The summed E-state index contributed by atoms with van der Waals surface area (Å²) in [4.78, 5) is 11.0. The summed E-state index contributed by atoms with van der Waals surface area (Å²) in [5.41, 5.74) is 6.39. The Bertz CT molecular complexity index is 462.